The zero-order chi connectivity index (χ0) is 17.6. The maximum Gasteiger partial charge on any atom is 0.319 e. The van der Waals surface area contributed by atoms with Gasteiger partial charge >= 0.3 is 6.03 Å². The lowest BCUT2D eigenvalue weighted by molar-refractivity contribution is 0.233. The quantitative estimate of drug-likeness (QED) is 0.788. The van der Waals surface area contributed by atoms with Crippen molar-refractivity contribution in [1.29, 1.82) is 0 Å². The Morgan fingerprint density at radius 3 is 2.88 bits per heavy atom. The minimum atomic E-state index is -3.09. The van der Waals surface area contributed by atoms with Crippen molar-refractivity contribution < 1.29 is 13.2 Å². The van der Waals surface area contributed by atoms with E-state index in [0.29, 0.717) is 23.8 Å². The molecule has 1 fully saturated rings. The molecule has 0 saturated carbocycles. The third kappa shape index (κ3) is 6.13. The molecule has 7 heteroatoms. The standard InChI is InChI=1S/C17H27N3O3S/c1-3-9-20-10-5-8-16(20)12-18-17(21)19-15-7-4-6-14(11-15)13-24(2,22)23/h4,6-7,11,16H,3,5,8-10,12-13H2,1-2H3,(H2,18,19,21)/t16-/m0/s1. The summed E-state index contributed by atoms with van der Waals surface area (Å²) < 4.78 is 22.7. The fraction of sp³-hybridized carbons (Fsp3) is 0.588. The summed E-state index contributed by atoms with van der Waals surface area (Å²) >= 11 is 0. The summed E-state index contributed by atoms with van der Waals surface area (Å²) in [6, 6.07) is 7.09. The second-order valence-corrected chi connectivity index (χ2v) is 8.58. The minimum Gasteiger partial charge on any atom is -0.336 e. The second kappa shape index (κ2) is 8.48. The molecule has 1 aromatic rings. The number of amides is 2. The summed E-state index contributed by atoms with van der Waals surface area (Å²) in [5.41, 5.74) is 1.27. The summed E-state index contributed by atoms with van der Waals surface area (Å²) in [5, 5.41) is 5.69. The van der Waals surface area contributed by atoms with Gasteiger partial charge in [-0.3, -0.25) is 4.90 Å². The summed E-state index contributed by atoms with van der Waals surface area (Å²) in [6.45, 7) is 4.98. The van der Waals surface area contributed by atoms with Crippen LogP contribution < -0.4 is 10.6 Å². The second-order valence-electron chi connectivity index (χ2n) is 6.44. The number of sulfone groups is 1. The van der Waals surface area contributed by atoms with Gasteiger partial charge in [0.2, 0.25) is 0 Å². The molecule has 0 radical (unpaired) electrons. The number of benzene rings is 1. The van der Waals surface area contributed by atoms with Gasteiger partial charge in [0.25, 0.3) is 0 Å². The first kappa shape index (κ1) is 18.7. The largest absolute Gasteiger partial charge is 0.336 e. The van der Waals surface area contributed by atoms with Crippen molar-refractivity contribution in [3.05, 3.63) is 29.8 Å². The van der Waals surface area contributed by atoms with Gasteiger partial charge in [0.1, 0.15) is 0 Å². The van der Waals surface area contributed by atoms with E-state index in [2.05, 4.69) is 22.5 Å². The minimum absolute atomic E-state index is 0.0296. The normalized spacial score (nSPS) is 18.5. The fourth-order valence-corrected chi connectivity index (χ4v) is 3.92. The number of urea groups is 1. The molecule has 6 nitrogen and oxygen atoms in total. The third-order valence-electron chi connectivity index (χ3n) is 4.12. The molecule has 0 aromatic heterocycles. The molecule has 0 unspecified atom stereocenters. The van der Waals surface area contributed by atoms with Crippen LogP contribution in [0.4, 0.5) is 10.5 Å². The average molecular weight is 353 g/mol. The van der Waals surface area contributed by atoms with Crippen molar-refractivity contribution in [2.24, 2.45) is 0 Å². The maximum absolute atomic E-state index is 12.1. The number of hydrogen-bond donors (Lipinski definition) is 2. The van der Waals surface area contributed by atoms with Crippen molar-refractivity contribution in [3.8, 4) is 0 Å². The number of anilines is 1. The highest BCUT2D eigenvalue weighted by Crippen LogP contribution is 2.17. The van der Waals surface area contributed by atoms with E-state index in [1.807, 2.05) is 0 Å². The van der Waals surface area contributed by atoms with Gasteiger partial charge in [-0.05, 0) is 50.0 Å². The molecule has 0 bridgehead atoms. The Labute approximate surface area is 144 Å². The highest BCUT2D eigenvalue weighted by molar-refractivity contribution is 7.89. The Bertz CT molecular complexity index is 661. The lowest BCUT2D eigenvalue weighted by Gasteiger charge is -2.24. The Balaban J connectivity index is 1.85. The molecule has 1 heterocycles. The summed E-state index contributed by atoms with van der Waals surface area (Å²) in [4.78, 5) is 14.5. The first-order valence-electron chi connectivity index (χ1n) is 8.43. The Morgan fingerprint density at radius 2 is 2.17 bits per heavy atom. The van der Waals surface area contributed by atoms with Gasteiger partial charge in [-0.15, -0.1) is 0 Å². The van der Waals surface area contributed by atoms with Crippen LogP contribution in [0.3, 0.4) is 0 Å². The van der Waals surface area contributed by atoms with Crippen LogP contribution >= 0.6 is 0 Å². The average Bonchev–Trinajstić information content (AvgIpc) is 2.91. The molecular weight excluding hydrogens is 326 g/mol. The van der Waals surface area contributed by atoms with Gasteiger partial charge in [0.15, 0.2) is 9.84 Å². The number of rotatable bonds is 7. The van der Waals surface area contributed by atoms with Crippen LogP contribution in [0, 0.1) is 0 Å². The van der Waals surface area contributed by atoms with Gasteiger partial charge in [-0.2, -0.15) is 0 Å². The Morgan fingerprint density at radius 1 is 1.38 bits per heavy atom. The van der Waals surface area contributed by atoms with Crippen LogP contribution in [0.25, 0.3) is 0 Å². The van der Waals surface area contributed by atoms with Crippen LogP contribution in [0.1, 0.15) is 31.7 Å². The zero-order valence-corrected chi connectivity index (χ0v) is 15.2. The zero-order valence-electron chi connectivity index (χ0n) is 14.4. The molecule has 0 spiro atoms. The summed E-state index contributed by atoms with van der Waals surface area (Å²) in [5.74, 6) is -0.0296. The smallest absolute Gasteiger partial charge is 0.319 e. The maximum atomic E-state index is 12.1. The summed E-state index contributed by atoms with van der Waals surface area (Å²) in [7, 11) is -3.09. The summed E-state index contributed by atoms with van der Waals surface area (Å²) in [6.07, 6.45) is 4.62. The third-order valence-corrected chi connectivity index (χ3v) is 4.98. The highest BCUT2D eigenvalue weighted by Gasteiger charge is 2.23. The predicted octanol–water partition coefficient (Wildman–Crippen LogP) is 2.23. The monoisotopic (exact) mass is 353 g/mol. The number of carbonyl (C=O) groups excluding carboxylic acids is 1. The van der Waals surface area contributed by atoms with Crippen LogP contribution in [0.15, 0.2) is 24.3 Å². The molecule has 1 aliphatic rings. The first-order valence-corrected chi connectivity index (χ1v) is 10.5. The first-order chi connectivity index (χ1) is 11.4. The van der Waals surface area contributed by atoms with E-state index in [4.69, 9.17) is 0 Å². The van der Waals surface area contributed by atoms with Crippen LogP contribution in [0.5, 0.6) is 0 Å². The molecule has 134 valence electrons. The van der Waals surface area contributed by atoms with E-state index in [9.17, 15) is 13.2 Å². The SMILES string of the molecule is CCCN1CCC[C@H]1CNC(=O)Nc1cccc(CS(C)(=O)=O)c1. The van der Waals surface area contributed by atoms with Crippen molar-refractivity contribution in [3.63, 3.8) is 0 Å². The number of hydrogen-bond acceptors (Lipinski definition) is 4. The van der Waals surface area contributed by atoms with Crippen LogP contribution in [-0.4, -0.2) is 51.3 Å². The number of nitrogens with one attached hydrogen (secondary N) is 2. The van der Waals surface area contributed by atoms with Crippen molar-refractivity contribution >= 4 is 21.6 Å². The molecule has 2 N–H and O–H groups in total. The predicted molar refractivity (Wildman–Crippen MR) is 96.9 cm³/mol. The lowest BCUT2D eigenvalue weighted by atomic mass is 10.2. The molecule has 24 heavy (non-hydrogen) atoms. The molecule has 0 aliphatic carbocycles. The fourth-order valence-electron chi connectivity index (χ4n) is 3.14. The van der Waals surface area contributed by atoms with Gasteiger partial charge in [0.05, 0.1) is 5.75 Å². The molecule has 1 aliphatic heterocycles. The van der Waals surface area contributed by atoms with E-state index in [-0.39, 0.29) is 11.8 Å². The molecule has 2 amide bonds. The van der Waals surface area contributed by atoms with E-state index in [1.165, 1.54) is 12.7 Å². The van der Waals surface area contributed by atoms with E-state index in [0.717, 1.165) is 25.9 Å². The van der Waals surface area contributed by atoms with Gasteiger partial charge in [0, 0.05) is 24.5 Å². The highest BCUT2D eigenvalue weighted by atomic mass is 32.2. The topological polar surface area (TPSA) is 78.5 Å². The van der Waals surface area contributed by atoms with E-state index >= 15 is 0 Å². The molecule has 1 atom stereocenters. The van der Waals surface area contributed by atoms with E-state index < -0.39 is 9.84 Å². The van der Waals surface area contributed by atoms with Gasteiger partial charge in [-0.1, -0.05) is 19.1 Å². The van der Waals surface area contributed by atoms with Crippen molar-refractivity contribution in [2.45, 2.75) is 38.0 Å². The molecule has 1 aromatic carbocycles. The molecular formula is C17H27N3O3S. The number of likely N-dealkylation sites (tertiary alicyclic amines) is 1. The lowest BCUT2D eigenvalue weighted by Crippen LogP contribution is -2.41. The Hall–Kier alpha value is -1.60. The van der Waals surface area contributed by atoms with Crippen molar-refractivity contribution in [2.75, 3.05) is 31.2 Å². The van der Waals surface area contributed by atoms with Crippen LogP contribution in [-0.2, 0) is 15.6 Å². The number of nitrogens with zero attached hydrogens (tertiary/aromatic N) is 1. The van der Waals surface area contributed by atoms with E-state index in [1.54, 1.807) is 24.3 Å². The van der Waals surface area contributed by atoms with Crippen LogP contribution in [0.2, 0.25) is 0 Å². The Kier molecular flexibility index (Phi) is 6.62. The van der Waals surface area contributed by atoms with Crippen molar-refractivity contribution in [1.82, 2.24) is 10.2 Å². The molecule has 2 rings (SSSR count). The molecule has 1 saturated heterocycles. The number of carbonyl (C=O) groups is 1. The van der Waals surface area contributed by atoms with Gasteiger partial charge in [-0.25, -0.2) is 13.2 Å². The van der Waals surface area contributed by atoms with Gasteiger partial charge < -0.3 is 10.6 Å².